The Morgan fingerprint density at radius 2 is 1.75 bits per heavy atom. The van der Waals surface area contributed by atoms with Gasteiger partial charge < -0.3 is 14.8 Å². The monoisotopic (exact) mass is 378 g/mol. The van der Waals surface area contributed by atoms with Crippen molar-refractivity contribution >= 4 is 28.5 Å². The van der Waals surface area contributed by atoms with E-state index in [9.17, 15) is 9.59 Å². The summed E-state index contributed by atoms with van der Waals surface area (Å²) in [4.78, 5) is 27.0. The first kappa shape index (κ1) is 19.4. The Hall–Kier alpha value is -3.41. The zero-order valence-electron chi connectivity index (χ0n) is 15.8. The molecule has 0 fully saturated rings. The molecule has 1 unspecified atom stereocenters. The molecule has 144 valence electrons. The lowest BCUT2D eigenvalue weighted by atomic mass is 9.91. The molecule has 1 aromatic heterocycles. The maximum atomic E-state index is 11.5. The Labute approximate surface area is 163 Å². The Balaban J connectivity index is 0.000000161. The van der Waals surface area contributed by atoms with Crippen LogP contribution < -0.4 is 5.32 Å². The predicted octanol–water partition coefficient (Wildman–Crippen LogP) is 3.78. The summed E-state index contributed by atoms with van der Waals surface area (Å²) in [5.41, 5.74) is 3.45. The van der Waals surface area contributed by atoms with Crippen LogP contribution in [0, 0.1) is 0 Å². The Kier molecular flexibility index (Phi) is 6.22. The normalized spacial score (nSPS) is 14.7. The SMILES string of the molecule is COC(=O)C1CCNc2ccccc21.COC(=O)c1ccnc2ccccc12. The molecule has 6 heteroatoms. The molecule has 0 saturated heterocycles. The van der Waals surface area contributed by atoms with Crippen molar-refractivity contribution in [2.75, 3.05) is 26.1 Å². The van der Waals surface area contributed by atoms with Gasteiger partial charge in [0.05, 0.1) is 31.2 Å². The molecule has 1 aliphatic heterocycles. The molecular formula is C22H22N2O4. The average Bonchev–Trinajstić information content (AvgIpc) is 2.77. The van der Waals surface area contributed by atoms with Gasteiger partial charge in [0.1, 0.15) is 0 Å². The van der Waals surface area contributed by atoms with Gasteiger partial charge >= 0.3 is 11.9 Å². The predicted molar refractivity (Wildman–Crippen MR) is 107 cm³/mol. The first-order valence-electron chi connectivity index (χ1n) is 8.98. The van der Waals surface area contributed by atoms with Crippen LogP contribution in [0.25, 0.3) is 10.9 Å². The molecule has 0 saturated carbocycles. The molecule has 0 amide bonds. The van der Waals surface area contributed by atoms with Gasteiger partial charge in [-0.15, -0.1) is 0 Å². The maximum absolute atomic E-state index is 11.5. The number of rotatable bonds is 2. The van der Waals surface area contributed by atoms with E-state index in [2.05, 4.69) is 15.0 Å². The molecule has 3 aromatic rings. The Morgan fingerprint density at radius 1 is 1.00 bits per heavy atom. The number of hydrogen-bond donors (Lipinski definition) is 1. The van der Waals surface area contributed by atoms with E-state index in [1.54, 1.807) is 12.3 Å². The second-order valence-corrected chi connectivity index (χ2v) is 6.25. The average molecular weight is 378 g/mol. The molecule has 2 aromatic carbocycles. The van der Waals surface area contributed by atoms with Crippen molar-refractivity contribution < 1.29 is 19.1 Å². The summed E-state index contributed by atoms with van der Waals surface area (Å²) in [6, 6.07) is 17.0. The van der Waals surface area contributed by atoms with Gasteiger partial charge in [-0.3, -0.25) is 9.78 Å². The quantitative estimate of drug-likeness (QED) is 0.684. The number of pyridine rings is 1. The molecule has 0 aliphatic carbocycles. The highest BCUT2D eigenvalue weighted by Gasteiger charge is 2.26. The van der Waals surface area contributed by atoms with Crippen LogP contribution in [0.5, 0.6) is 0 Å². The first-order chi connectivity index (χ1) is 13.7. The molecule has 1 aliphatic rings. The lowest BCUT2D eigenvalue weighted by Crippen LogP contribution is -2.23. The van der Waals surface area contributed by atoms with Crippen molar-refractivity contribution in [1.29, 1.82) is 0 Å². The number of nitrogens with zero attached hydrogens (tertiary/aromatic N) is 1. The number of aromatic nitrogens is 1. The smallest absolute Gasteiger partial charge is 0.338 e. The van der Waals surface area contributed by atoms with Gasteiger partial charge in [-0.2, -0.15) is 0 Å². The van der Waals surface area contributed by atoms with Gasteiger partial charge in [0.2, 0.25) is 0 Å². The van der Waals surface area contributed by atoms with Crippen LogP contribution in [0.3, 0.4) is 0 Å². The molecule has 0 radical (unpaired) electrons. The number of hydrogen-bond acceptors (Lipinski definition) is 6. The van der Waals surface area contributed by atoms with Crippen molar-refractivity contribution in [1.82, 2.24) is 4.98 Å². The third kappa shape index (κ3) is 4.11. The van der Waals surface area contributed by atoms with Gasteiger partial charge in [0.25, 0.3) is 0 Å². The van der Waals surface area contributed by atoms with E-state index < -0.39 is 0 Å². The van der Waals surface area contributed by atoms with E-state index in [0.29, 0.717) is 5.56 Å². The topological polar surface area (TPSA) is 77.5 Å². The van der Waals surface area contributed by atoms with Gasteiger partial charge in [-0.1, -0.05) is 36.4 Å². The van der Waals surface area contributed by atoms with E-state index >= 15 is 0 Å². The molecule has 2 heterocycles. The third-order valence-electron chi connectivity index (χ3n) is 4.62. The van der Waals surface area contributed by atoms with Crippen LogP contribution in [0.4, 0.5) is 5.69 Å². The minimum Gasteiger partial charge on any atom is -0.469 e. The van der Waals surface area contributed by atoms with Gasteiger partial charge in [-0.05, 0) is 30.2 Å². The van der Waals surface area contributed by atoms with Crippen molar-refractivity contribution in [3.8, 4) is 0 Å². The van der Waals surface area contributed by atoms with Gasteiger partial charge in [-0.25, -0.2) is 4.79 Å². The second-order valence-electron chi connectivity index (χ2n) is 6.25. The minimum atomic E-state index is -0.330. The fraction of sp³-hybridized carbons (Fsp3) is 0.227. The van der Waals surface area contributed by atoms with Crippen molar-refractivity contribution in [3.63, 3.8) is 0 Å². The van der Waals surface area contributed by atoms with E-state index in [0.717, 1.165) is 35.1 Å². The lowest BCUT2D eigenvalue weighted by molar-refractivity contribution is -0.142. The highest BCUT2D eigenvalue weighted by molar-refractivity contribution is 6.03. The van der Waals surface area contributed by atoms with Crippen LogP contribution in [0.2, 0.25) is 0 Å². The summed E-state index contributed by atoms with van der Waals surface area (Å²) in [7, 11) is 2.81. The summed E-state index contributed by atoms with van der Waals surface area (Å²) >= 11 is 0. The number of para-hydroxylation sites is 2. The van der Waals surface area contributed by atoms with E-state index in [4.69, 9.17) is 4.74 Å². The molecule has 1 N–H and O–H groups in total. The van der Waals surface area contributed by atoms with Crippen LogP contribution in [-0.4, -0.2) is 37.7 Å². The third-order valence-corrected chi connectivity index (χ3v) is 4.62. The van der Waals surface area contributed by atoms with Crippen LogP contribution >= 0.6 is 0 Å². The number of methoxy groups -OCH3 is 2. The van der Waals surface area contributed by atoms with E-state index in [-0.39, 0.29) is 17.9 Å². The van der Waals surface area contributed by atoms with E-state index in [1.165, 1.54) is 14.2 Å². The van der Waals surface area contributed by atoms with Gasteiger partial charge in [0, 0.05) is 23.8 Å². The summed E-state index contributed by atoms with van der Waals surface area (Å²) < 4.78 is 9.46. The number of ether oxygens (including phenoxy) is 2. The number of anilines is 1. The molecular weight excluding hydrogens is 356 g/mol. The molecule has 0 bridgehead atoms. The number of fused-ring (bicyclic) bond motifs is 2. The Bertz CT molecular complexity index is 982. The largest absolute Gasteiger partial charge is 0.469 e. The van der Waals surface area contributed by atoms with Crippen molar-refractivity contribution in [3.05, 3.63) is 71.9 Å². The fourth-order valence-corrected chi connectivity index (χ4v) is 3.24. The van der Waals surface area contributed by atoms with Crippen molar-refractivity contribution in [2.45, 2.75) is 12.3 Å². The first-order valence-corrected chi connectivity index (χ1v) is 8.98. The van der Waals surface area contributed by atoms with Gasteiger partial charge in [0.15, 0.2) is 0 Å². The molecule has 4 rings (SSSR count). The zero-order valence-corrected chi connectivity index (χ0v) is 15.8. The van der Waals surface area contributed by atoms with Crippen LogP contribution in [0.1, 0.15) is 28.3 Å². The number of carbonyl (C=O) groups excluding carboxylic acids is 2. The number of nitrogens with one attached hydrogen (secondary N) is 1. The lowest BCUT2D eigenvalue weighted by Gasteiger charge is -2.24. The molecule has 0 spiro atoms. The fourth-order valence-electron chi connectivity index (χ4n) is 3.24. The summed E-state index contributed by atoms with van der Waals surface area (Å²) in [6.07, 6.45) is 2.41. The zero-order chi connectivity index (χ0) is 19.9. The Morgan fingerprint density at radius 3 is 2.54 bits per heavy atom. The van der Waals surface area contributed by atoms with Crippen LogP contribution in [-0.2, 0) is 14.3 Å². The van der Waals surface area contributed by atoms with Crippen LogP contribution in [0.15, 0.2) is 60.8 Å². The maximum Gasteiger partial charge on any atom is 0.338 e. The standard InChI is InChI=1S/C11H13NO2.C11H9NO2/c2*1-14-11(13)9-6-7-12-10-5-3-2-4-8(9)10/h2-5,9,12H,6-7H2,1H3;2-7H,1H3. The highest BCUT2D eigenvalue weighted by atomic mass is 16.5. The minimum absolute atomic E-state index is 0.0996. The second kappa shape index (κ2) is 8.99. The molecule has 1 atom stereocenters. The highest BCUT2D eigenvalue weighted by Crippen LogP contribution is 2.31. The number of benzene rings is 2. The molecule has 28 heavy (non-hydrogen) atoms. The van der Waals surface area contributed by atoms with Crippen molar-refractivity contribution in [2.24, 2.45) is 0 Å². The summed E-state index contributed by atoms with van der Waals surface area (Å²) in [6.45, 7) is 0.830. The number of carbonyl (C=O) groups is 2. The number of esters is 2. The van der Waals surface area contributed by atoms with E-state index in [1.807, 2.05) is 48.5 Å². The molecule has 6 nitrogen and oxygen atoms in total. The summed E-state index contributed by atoms with van der Waals surface area (Å²) in [5.74, 6) is -0.569. The summed E-state index contributed by atoms with van der Waals surface area (Å²) in [5, 5.41) is 4.08.